The molecule has 2 atom stereocenters. The first-order valence-corrected chi connectivity index (χ1v) is 5.58. The quantitative estimate of drug-likeness (QED) is 0.818. The van der Waals surface area contributed by atoms with Crippen LogP contribution in [0.2, 0.25) is 0 Å². The van der Waals surface area contributed by atoms with Crippen LogP contribution in [0.5, 0.6) is 0 Å². The summed E-state index contributed by atoms with van der Waals surface area (Å²) in [6.45, 7) is 0. The van der Waals surface area contributed by atoms with Gasteiger partial charge in [0.25, 0.3) is 0 Å². The third-order valence-corrected chi connectivity index (χ3v) is 3.50. The minimum absolute atomic E-state index is 0.126. The van der Waals surface area contributed by atoms with Crippen LogP contribution >= 0.6 is 0 Å². The fraction of sp³-hybridized carbons (Fsp3) is 0.462. The molecule has 0 unspecified atom stereocenters. The van der Waals surface area contributed by atoms with Crippen molar-refractivity contribution in [3.8, 4) is 0 Å². The second kappa shape index (κ2) is 3.09. The van der Waals surface area contributed by atoms with Gasteiger partial charge >= 0.3 is 5.97 Å². The van der Waals surface area contributed by atoms with E-state index in [2.05, 4.69) is 24.3 Å². The lowest BCUT2D eigenvalue weighted by molar-refractivity contribution is -0.138. The van der Waals surface area contributed by atoms with Gasteiger partial charge in [-0.15, -0.1) is 0 Å². The van der Waals surface area contributed by atoms with E-state index in [1.165, 1.54) is 24.0 Å². The molecule has 2 aliphatic rings. The highest BCUT2D eigenvalue weighted by Crippen LogP contribution is 2.49. The smallest absolute Gasteiger partial charge is 0.307 e. The van der Waals surface area contributed by atoms with Crippen molar-refractivity contribution in [1.29, 1.82) is 0 Å². The van der Waals surface area contributed by atoms with Crippen LogP contribution in [0.15, 0.2) is 24.3 Å². The van der Waals surface area contributed by atoms with Gasteiger partial charge < -0.3 is 5.11 Å². The number of carbonyl (C=O) groups is 1. The number of carboxylic acid groups (broad SMARTS) is 1. The Morgan fingerprint density at radius 3 is 2.60 bits per heavy atom. The van der Waals surface area contributed by atoms with Gasteiger partial charge in [-0.1, -0.05) is 24.3 Å². The highest BCUT2D eigenvalue weighted by atomic mass is 16.4. The fourth-order valence-electron chi connectivity index (χ4n) is 2.30. The normalized spacial score (nSPS) is 28.8. The molecule has 15 heavy (non-hydrogen) atoms. The van der Waals surface area contributed by atoms with E-state index in [1.807, 2.05) is 0 Å². The molecule has 0 saturated heterocycles. The average molecular weight is 202 g/mol. The summed E-state index contributed by atoms with van der Waals surface area (Å²) in [5.74, 6) is 0.268. The molecule has 0 radical (unpaired) electrons. The SMILES string of the molecule is O=C(O)[C@@H]1C[C@H]1c1cccc(C2CC2)c1. The van der Waals surface area contributed by atoms with Crippen molar-refractivity contribution in [2.45, 2.75) is 31.1 Å². The van der Waals surface area contributed by atoms with Gasteiger partial charge in [-0.05, 0) is 42.2 Å². The van der Waals surface area contributed by atoms with Gasteiger partial charge in [-0.2, -0.15) is 0 Å². The summed E-state index contributed by atoms with van der Waals surface area (Å²) in [4.78, 5) is 10.8. The first-order chi connectivity index (χ1) is 7.25. The van der Waals surface area contributed by atoms with Crippen molar-refractivity contribution in [2.24, 2.45) is 5.92 Å². The third-order valence-electron chi connectivity index (χ3n) is 3.50. The Morgan fingerprint density at radius 1 is 1.27 bits per heavy atom. The predicted octanol–water partition coefficient (Wildman–Crippen LogP) is 2.75. The van der Waals surface area contributed by atoms with Crippen LogP contribution in [0.3, 0.4) is 0 Å². The average Bonchev–Trinajstić information content (AvgIpc) is 3.10. The highest BCUT2D eigenvalue weighted by molar-refractivity contribution is 5.75. The summed E-state index contributed by atoms with van der Waals surface area (Å²) in [5.41, 5.74) is 2.63. The number of hydrogen-bond acceptors (Lipinski definition) is 1. The minimum atomic E-state index is -0.642. The van der Waals surface area contributed by atoms with Crippen molar-refractivity contribution in [3.05, 3.63) is 35.4 Å². The van der Waals surface area contributed by atoms with E-state index >= 15 is 0 Å². The first-order valence-electron chi connectivity index (χ1n) is 5.58. The summed E-state index contributed by atoms with van der Waals surface area (Å²) in [6.07, 6.45) is 3.43. The van der Waals surface area contributed by atoms with E-state index in [-0.39, 0.29) is 11.8 Å². The largest absolute Gasteiger partial charge is 0.481 e. The molecule has 1 aromatic carbocycles. The summed E-state index contributed by atoms with van der Waals surface area (Å²) in [5, 5.41) is 8.88. The molecule has 2 saturated carbocycles. The zero-order chi connectivity index (χ0) is 10.4. The molecule has 0 aromatic heterocycles. The lowest BCUT2D eigenvalue weighted by Gasteiger charge is -2.02. The molecule has 2 nitrogen and oxygen atoms in total. The van der Waals surface area contributed by atoms with Crippen LogP contribution in [0.4, 0.5) is 0 Å². The van der Waals surface area contributed by atoms with Crippen LogP contribution in [-0.2, 0) is 4.79 Å². The lowest BCUT2D eigenvalue weighted by atomic mass is 10.0. The highest BCUT2D eigenvalue weighted by Gasteiger charge is 2.44. The fourth-order valence-corrected chi connectivity index (χ4v) is 2.30. The Hall–Kier alpha value is -1.31. The maximum atomic E-state index is 10.8. The Bertz CT molecular complexity index is 407. The van der Waals surface area contributed by atoms with E-state index in [9.17, 15) is 4.79 Å². The number of rotatable bonds is 3. The van der Waals surface area contributed by atoms with Gasteiger partial charge in [0.15, 0.2) is 0 Å². The first kappa shape index (κ1) is 8.96. The molecule has 78 valence electrons. The van der Waals surface area contributed by atoms with Crippen LogP contribution < -0.4 is 0 Å². The molecule has 1 aromatic rings. The topological polar surface area (TPSA) is 37.3 Å². The monoisotopic (exact) mass is 202 g/mol. The molecule has 0 bridgehead atoms. The molecule has 0 spiro atoms. The van der Waals surface area contributed by atoms with Gasteiger partial charge in [0.05, 0.1) is 5.92 Å². The van der Waals surface area contributed by atoms with Gasteiger partial charge in [0.1, 0.15) is 0 Å². The van der Waals surface area contributed by atoms with Gasteiger partial charge in [-0.3, -0.25) is 4.79 Å². The van der Waals surface area contributed by atoms with E-state index in [1.54, 1.807) is 0 Å². The second-order valence-corrected chi connectivity index (χ2v) is 4.73. The van der Waals surface area contributed by atoms with Crippen molar-refractivity contribution < 1.29 is 9.90 Å². The van der Waals surface area contributed by atoms with Gasteiger partial charge in [0, 0.05) is 0 Å². The molecule has 3 rings (SSSR count). The molecular weight excluding hydrogens is 188 g/mol. The predicted molar refractivity (Wildman–Crippen MR) is 56.9 cm³/mol. The van der Waals surface area contributed by atoms with Crippen LogP contribution in [-0.4, -0.2) is 11.1 Å². The van der Waals surface area contributed by atoms with Crippen LogP contribution in [0, 0.1) is 5.92 Å². The number of hydrogen-bond donors (Lipinski definition) is 1. The molecule has 1 N–H and O–H groups in total. The van der Waals surface area contributed by atoms with Crippen molar-refractivity contribution in [3.63, 3.8) is 0 Å². The molecule has 2 aliphatic carbocycles. The zero-order valence-electron chi connectivity index (χ0n) is 8.52. The van der Waals surface area contributed by atoms with Gasteiger partial charge in [0.2, 0.25) is 0 Å². The summed E-state index contributed by atoms with van der Waals surface area (Å²) in [7, 11) is 0. The molecular formula is C13H14O2. The Labute approximate surface area is 88.9 Å². The van der Waals surface area contributed by atoms with E-state index in [4.69, 9.17) is 5.11 Å². The van der Waals surface area contributed by atoms with Crippen LogP contribution in [0.1, 0.15) is 42.2 Å². The maximum absolute atomic E-state index is 10.8. The Morgan fingerprint density at radius 2 is 2.00 bits per heavy atom. The Kier molecular flexibility index (Phi) is 1.84. The van der Waals surface area contributed by atoms with E-state index in [0.29, 0.717) is 0 Å². The van der Waals surface area contributed by atoms with E-state index < -0.39 is 5.97 Å². The third kappa shape index (κ3) is 1.65. The summed E-state index contributed by atoms with van der Waals surface area (Å²) >= 11 is 0. The molecule has 0 aliphatic heterocycles. The molecule has 2 heteroatoms. The number of benzene rings is 1. The van der Waals surface area contributed by atoms with Crippen molar-refractivity contribution >= 4 is 5.97 Å². The summed E-state index contributed by atoms with van der Waals surface area (Å²) in [6, 6.07) is 8.52. The molecule has 2 fully saturated rings. The molecule has 0 heterocycles. The van der Waals surface area contributed by atoms with Crippen molar-refractivity contribution in [2.75, 3.05) is 0 Å². The van der Waals surface area contributed by atoms with Crippen molar-refractivity contribution in [1.82, 2.24) is 0 Å². The second-order valence-electron chi connectivity index (χ2n) is 4.73. The number of carboxylic acids is 1. The lowest BCUT2D eigenvalue weighted by Crippen LogP contribution is -1.99. The molecule has 0 amide bonds. The zero-order valence-corrected chi connectivity index (χ0v) is 8.52. The van der Waals surface area contributed by atoms with Gasteiger partial charge in [-0.25, -0.2) is 0 Å². The Balaban J connectivity index is 1.81. The maximum Gasteiger partial charge on any atom is 0.307 e. The minimum Gasteiger partial charge on any atom is -0.481 e. The number of aliphatic carboxylic acids is 1. The summed E-state index contributed by atoms with van der Waals surface area (Å²) < 4.78 is 0. The standard InChI is InChI=1S/C13H14O2/c14-13(15)12-7-11(12)10-3-1-2-9(6-10)8-4-5-8/h1-3,6,8,11-12H,4-5,7H2,(H,14,15)/t11-,12+/m0/s1. The van der Waals surface area contributed by atoms with E-state index in [0.717, 1.165) is 12.3 Å². The van der Waals surface area contributed by atoms with Crippen LogP contribution in [0.25, 0.3) is 0 Å².